The number of nitrogens with one attached hydrogen (secondary N) is 1. The van der Waals surface area contributed by atoms with Crippen molar-refractivity contribution in [2.24, 2.45) is 7.05 Å². The van der Waals surface area contributed by atoms with E-state index in [1.165, 1.54) is 10.5 Å². The third kappa shape index (κ3) is 3.07. The molecule has 1 aromatic heterocycles. The van der Waals surface area contributed by atoms with Gasteiger partial charge in [0.2, 0.25) is 0 Å². The summed E-state index contributed by atoms with van der Waals surface area (Å²) in [6, 6.07) is 8.07. The maximum absolute atomic E-state index is 6.04. The topological polar surface area (TPSA) is 29.9 Å². The van der Waals surface area contributed by atoms with E-state index >= 15 is 0 Å². The number of aromatic nitrogens is 2. The van der Waals surface area contributed by atoms with Gasteiger partial charge in [-0.1, -0.05) is 23.4 Å². The molecule has 3 nitrogen and oxygen atoms in total. The molecule has 0 saturated heterocycles. The van der Waals surface area contributed by atoms with Crippen molar-refractivity contribution >= 4 is 23.4 Å². The van der Waals surface area contributed by atoms with Gasteiger partial charge < -0.3 is 5.32 Å². The first-order valence-electron chi connectivity index (χ1n) is 5.71. The molecule has 0 bridgehead atoms. The van der Waals surface area contributed by atoms with Gasteiger partial charge >= 0.3 is 0 Å². The van der Waals surface area contributed by atoms with Crippen LogP contribution in [-0.2, 0) is 13.6 Å². The maximum Gasteiger partial charge on any atom is 0.0987 e. The maximum atomic E-state index is 6.04. The van der Waals surface area contributed by atoms with Gasteiger partial charge in [-0.05, 0) is 43.8 Å². The molecule has 18 heavy (non-hydrogen) atoms. The molecule has 0 radical (unpaired) electrons. The Labute approximate surface area is 117 Å². The highest BCUT2D eigenvalue weighted by atomic mass is 35.5. The number of aryl methyl sites for hydroxylation is 2. The highest BCUT2D eigenvalue weighted by molar-refractivity contribution is 7.99. The van der Waals surface area contributed by atoms with Gasteiger partial charge in [0.1, 0.15) is 0 Å². The molecule has 0 aliphatic heterocycles. The minimum Gasteiger partial charge on any atom is -0.316 e. The number of rotatable bonds is 4. The van der Waals surface area contributed by atoms with Crippen LogP contribution in [0, 0.1) is 6.92 Å². The average molecular weight is 282 g/mol. The summed E-state index contributed by atoms with van der Waals surface area (Å²) < 4.78 is 1.90. The van der Waals surface area contributed by atoms with Crippen molar-refractivity contribution < 1.29 is 0 Å². The predicted octanol–water partition coefficient (Wildman–Crippen LogP) is 3.25. The molecular formula is C13H16ClN3S. The molecule has 5 heteroatoms. The molecule has 0 aliphatic rings. The van der Waals surface area contributed by atoms with Crippen molar-refractivity contribution in [3.63, 3.8) is 0 Å². The quantitative estimate of drug-likeness (QED) is 0.933. The Balaban J connectivity index is 2.30. The second kappa shape index (κ2) is 5.78. The first-order valence-corrected chi connectivity index (χ1v) is 6.91. The fourth-order valence-electron chi connectivity index (χ4n) is 1.77. The van der Waals surface area contributed by atoms with Gasteiger partial charge in [0.25, 0.3) is 0 Å². The largest absolute Gasteiger partial charge is 0.316 e. The van der Waals surface area contributed by atoms with Gasteiger partial charge in [-0.3, -0.25) is 4.68 Å². The van der Waals surface area contributed by atoms with Gasteiger partial charge in [0.05, 0.1) is 10.7 Å². The molecule has 0 saturated carbocycles. The van der Waals surface area contributed by atoms with E-state index in [1.807, 2.05) is 37.8 Å². The van der Waals surface area contributed by atoms with Crippen molar-refractivity contribution in [2.45, 2.75) is 23.4 Å². The first-order chi connectivity index (χ1) is 8.60. The number of benzene rings is 1. The number of hydrogen-bond acceptors (Lipinski definition) is 3. The van der Waals surface area contributed by atoms with E-state index in [4.69, 9.17) is 11.6 Å². The minimum absolute atomic E-state index is 0.769. The molecule has 0 spiro atoms. The minimum atomic E-state index is 0.769. The molecule has 96 valence electrons. The zero-order valence-electron chi connectivity index (χ0n) is 10.7. The summed E-state index contributed by atoms with van der Waals surface area (Å²) in [4.78, 5) is 1.21. The van der Waals surface area contributed by atoms with Crippen molar-refractivity contribution in [3.8, 4) is 0 Å². The molecule has 1 N–H and O–H groups in total. The summed E-state index contributed by atoms with van der Waals surface area (Å²) in [5.74, 6) is 0. The fourth-order valence-corrected chi connectivity index (χ4v) is 2.99. The molecule has 2 rings (SSSR count). The SMILES string of the molecule is CNCc1cc(Cl)ccc1Sc1cc(C)nn1C. The Morgan fingerprint density at radius 2 is 2.17 bits per heavy atom. The Morgan fingerprint density at radius 1 is 1.39 bits per heavy atom. The predicted molar refractivity (Wildman–Crippen MR) is 76.3 cm³/mol. The van der Waals surface area contributed by atoms with Gasteiger partial charge in [-0.25, -0.2) is 0 Å². The van der Waals surface area contributed by atoms with Crippen LogP contribution in [0.2, 0.25) is 5.02 Å². The normalized spacial score (nSPS) is 10.9. The van der Waals surface area contributed by atoms with Gasteiger partial charge in [0, 0.05) is 23.5 Å². The summed E-state index contributed by atoms with van der Waals surface area (Å²) in [6.07, 6.45) is 0. The third-order valence-electron chi connectivity index (χ3n) is 2.56. The zero-order chi connectivity index (χ0) is 13.1. The monoisotopic (exact) mass is 281 g/mol. The van der Waals surface area contributed by atoms with Crippen LogP contribution >= 0.6 is 23.4 Å². The highest BCUT2D eigenvalue weighted by Gasteiger charge is 2.08. The molecule has 1 heterocycles. The van der Waals surface area contributed by atoms with E-state index < -0.39 is 0 Å². The van der Waals surface area contributed by atoms with Crippen LogP contribution in [0.3, 0.4) is 0 Å². The summed E-state index contributed by atoms with van der Waals surface area (Å²) in [7, 11) is 3.90. The average Bonchev–Trinajstić information content (AvgIpc) is 2.62. The summed E-state index contributed by atoms with van der Waals surface area (Å²) in [5, 5.41) is 9.42. The van der Waals surface area contributed by atoms with E-state index in [1.54, 1.807) is 11.8 Å². The van der Waals surface area contributed by atoms with Crippen LogP contribution in [0.4, 0.5) is 0 Å². The summed E-state index contributed by atoms with van der Waals surface area (Å²) >= 11 is 7.75. The Bertz CT molecular complexity index is 551. The van der Waals surface area contributed by atoms with E-state index in [-0.39, 0.29) is 0 Å². The lowest BCUT2D eigenvalue weighted by molar-refractivity contribution is 0.692. The van der Waals surface area contributed by atoms with Crippen molar-refractivity contribution in [3.05, 3.63) is 40.5 Å². The summed E-state index contributed by atoms with van der Waals surface area (Å²) in [6.45, 7) is 2.81. The summed E-state index contributed by atoms with van der Waals surface area (Å²) in [5.41, 5.74) is 2.23. The van der Waals surface area contributed by atoms with E-state index in [0.717, 1.165) is 22.3 Å². The molecule has 0 amide bonds. The first kappa shape index (κ1) is 13.5. The van der Waals surface area contributed by atoms with E-state index in [0.29, 0.717) is 0 Å². The third-order valence-corrected chi connectivity index (χ3v) is 4.01. The van der Waals surface area contributed by atoms with Crippen LogP contribution in [0.15, 0.2) is 34.2 Å². The smallest absolute Gasteiger partial charge is 0.0987 e. The zero-order valence-corrected chi connectivity index (χ0v) is 12.3. The molecule has 0 aliphatic carbocycles. The molecule has 1 aromatic carbocycles. The van der Waals surface area contributed by atoms with E-state index in [2.05, 4.69) is 22.5 Å². The van der Waals surface area contributed by atoms with Gasteiger partial charge in [-0.2, -0.15) is 5.10 Å². The fraction of sp³-hybridized carbons (Fsp3) is 0.308. The lowest BCUT2D eigenvalue weighted by Gasteiger charge is -2.09. The lowest BCUT2D eigenvalue weighted by atomic mass is 10.2. The van der Waals surface area contributed by atoms with Crippen LogP contribution in [0.1, 0.15) is 11.3 Å². The molecular weight excluding hydrogens is 266 g/mol. The Morgan fingerprint density at radius 3 is 2.78 bits per heavy atom. The van der Waals surface area contributed by atoms with E-state index in [9.17, 15) is 0 Å². The van der Waals surface area contributed by atoms with Crippen molar-refractivity contribution in [1.29, 1.82) is 0 Å². The van der Waals surface area contributed by atoms with Crippen molar-refractivity contribution in [2.75, 3.05) is 7.05 Å². The second-order valence-electron chi connectivity index (χ2n) is 4.13. The van der Waals surface area contributed by atoms with Gasteiger partial charge in [0.15, 0.2) is 0 Å². The molecule has 0 unspecified atom stereocenters. The standard InChI is InChI=1S/C13H16ClN3S/c1-9-6-13(17(3)16-9)18-12-5-4-11(14)7-10(12)8-15-2/h4-7,15H,8H2,1-3H3. The Kier molecular flexibility index (Phi) is 4.32. The Hall–Kier alpha value is -0.970. The van der Waals surface area contributed by atoms with Crippen LogP contribution in [-0.4, -0.2) is 16.8 Å². The van der Waals surface area contributed by atoms with Crippen LogP contribution < -0.4 is 5.32 Å². The lowest BCUT2D eigenvalue weighted by Crippen LogP contribution is -2.06. The second-order valence-corrected chi connectivity index (χ2v) is 5.63. The number of nitrogens with zero attached hydrogens (tertiary/aromatic N) is 2. The van der Waals surface area contributed by atoms with Crippen molar-refractivity contribution in [1.82, 2.24) is 15.1 Å². The molecule has 0 fully saturated rings. The number of hydrogen-bond donors (Lipinski definition) is 1. The number of halogens is 1. The van der Waals surface area contributed by atoms with Crippen LogP contribution in [0.25, 0.3) is 0 Å². The van der Waals surface area contributed by atoms with Gasteiger partial charge in [-0.15, -0.1) is 0 Å². The van der Waals surface area contributed by atoms with Crippen LogP contribution in [0.5, 0.6) is 0 Å². The highest BCUT2D eigenvalue weighted by Crippen LogP contribution is 2.32. The molecule has 0 atom stereocenters. The molecule has 2 aromatic rings.